The first-order valence-corrected chi connectivity index (χ1v) is 12.2. The fourth-order valence-electron chi connectivity index (χ4n) is 3.97. The molecule has 5 nitrogen and oxygen atoms in total. The molecule has 0 saturated carbocycles. The van der Waals surface area contributed by atoms with Crippen LogP contribution in [0.5, 0.6) is 11.5 Å². The smallest absolute Gasteiger partial charge is 0.161 e. The number of pyridine rings is 2. The van der Waals surface area contributed by atoms with Crippen LogP contribution in [-0.4, -0.2) is 21.5 Å². The second-order valence-corrected chi connectivity index (χ2v) is 9.49. The maximum atomic E-state index is 13.6. The molecule has 0 saturated heterocycles. The van der Waals surface area contributed by atoms with Crippen molar-refractivity contribution in [1.82, 2.24) is 9.97 Å². The second-order valence-electron chi connectivity index (χ2n) is 8.28. The molecule has 2 aromatic carbocycles. The molecular weight excluding hydrogens is 470 g/mol. The lowest BCUT2D eigenvalue weighted by atomic mass is 10.0. The number of Topliss-reactive ketones (excluding diaryl/α,β-unsaturated/α-hetero) is 1. The number of aromatic nitrogens is 2. The predicted molar refractivity (Wildman–Crippen MR) is 131 cm³/mol. The van der Waals surface area contributed by atoms with Gasteiger partial charge in [0.25, 0.3) is 0 Å². The lowest BCUT2D eigenvalue weighted by Gasteiger charge is -2.19. The quantitative estimate of drug-likeness (QED) is 0.307. The van der Waals surface area contributed by atoms with Crippen molar-refractivity contribution in [1.29, 1.82) is 0 Å². The monoisotopic (exact) mass is 492 g/mol. The van der Waals surface area contributed by atoms with E-state index in [4.69, 9.17) is 9.47 Å². The minimum Gasteiger partial charge on any atom is -0.487 e. The van der Waals surface area contributed by atoms with Gasteiger partial charge >= 0.3 is 0 Å². The fraction of sp³-hybridized carbons (Fsp3) is 0.222. The van der Waals surface area contributed by atoms with Crippen LogP contribution >= 0.6 is 11.8 Å². The van der Waals surface area contributed by atoms with E-state index in [1.165, 1.54) is 0 Å². The molecule has 2 aromatic heterocycles. The molecule has 35 heavy (non-hydrogen) atoms. The van der Waals surface area contributed by atoms with Crippen LogP contribution in [0.3, 0.4) is 0 Å². The van der Waals surface area contributed by atoms with E-state index < -0.39 is 11.6 Å². The molecule has 3 heterocycles. The predicted octanol–water partition coefficient (Wildman–Crippen LogP) is 6.18. The van der Waals surface area contributed by atoms with Crippen molar-refractivity contribution in [2.24, 2.45) is 0 Å². The van der Waals surface area contributed by atoms with Gasteiger partial charge in [-0.15, -0.1) is 11.8 Å². The summed E-state index contributed by atoms with van der Waals surface area (Å²) in [6.45, 7) is 2.12. The van der Waals surface area contributed by atoms with Gasteiger partial charge in [-0.2, -0.15) is 0 Å². The van der Waals surface area contributed by atoms with Crippen LogP contribution in [0.4, 0.5) is 8.78 Å². The topological polar surface area (TPSA) is 61.3 Å². The van der Waals surface area contributed by atoms with Crippen LogP contribution in [0, 0.1) is 11.6 Å². The zero-order valence-electron chi connectivity index (χ0n) is 19.0. The van der Waals surface area contributed by atoms with Gasteiger partial charge in [-0.3, -0.25) is 9.78 Å². The number of hydrogen-bond acceptors (Lipinski definition) is 6. The summed E-state index contributed by atoms with van der Waals surface area (Å²) >= 11 is 1.68. The third kappa shape index (κ3) is 5.12. The molecule has 178 valence electrons. The number of hydrogen-bond donors (Lipinski definition) is 0. The van der Waals surface area contributed by atoms with Crippen molar-refractivity contribution in [3.05, 3.63) is 94.9 Å². The zero-order valence-corrected chi connectivity index (χ0v) is 19.8. The van der Waals surface area contributed by atoms with Crippen LogP contribution in [0.25, 0.3) is 10.9 Å². The molecule has 1 unspecified atom stereocenters. The van der Waals surface area contributed by atoms with E-state index in [1.807, 2.05) is 30.3 Å². The van der Waals surface area contributed by atoms with Crippen molar-refractivity contribution in [2.75, 3.05) is 5.75 Å². The van der Waals surface area contributed by atoms with Gasteiger partial charge in [-0.25, -0.2) is 13.8 Å². The lowest BCUT2D eigenvalue weighted by Crippen LogP contribution is -2.04. The summed E-state index contributed by atoms with van der Waals surface area (Å²) in [6, 6.07) is 15.2. The first-order valence-electron chi connectivity index (χ1n) is 11.2. The number of rotatable bonds is 7. The number of carbonyl (C=O) groups excluding carboxylic acids is 1. The van der Waals surface area contributed by atoms with Crippen LogP contribution in [0.1, 0.15) is 41.1 Å². The Kier molecular flexibility index (Phi) is 6.63. The van der Waals surface area contributed by atoms with E-state index in [2.05, 4.69) is 9.97 Å². The van der Waals surface area contributed by atoms with Crippen LogP contribution < -0.4 is 9.47 Å². The molecule has 0 aliphatic carbocycles. The number of carbonyl (C=O) groups is 1. The fourth-order valence-corrected chi connectivity index (χ4v) is 5.37. The van der Waals surface area contributed by atoms with E-state index in [0.29, 0.717) is 41.1 Å². The molecule has 5 rings (SSSR count). The number of fused-ring (bicyclic) bond motifs is 3. The van der Waals surface area contributed by atoms with E-state index in [0.717, 1.165) is 34.7 Å². The Labute approximate surface area is 205 Å². The average molecular weight is 493 g/mol. The Hall–Kier alpha value is -3.52. The van der Waals surface area contributed by atoms with Crippen molar-refractivity contribution in [3.63, 3.8) is 0 Å². The van der Waals surface area contributed by atoms with Gasteiger partial charge in [0.1, 0.15) is 30.5 Å². The molecule has 1 aliphatic rings. The highest BCUT2D eigenvalue weighted by Gasteiger charge is 2.26. The van der Waals surface area contributed by atoms with Crippen molar-refractivity contribution < 1.29 is 23.0 Å². The molecule has 0 fully saturated rings. The van der Waals surface area contributed by atoms with Gasteiger partial charge < -0.3 is 9.47 Å². The van der Waals surface area contributed by atoms with Crippen LogP contribution in [0.15, 0.2) is 60.8 Å². The molecule has 0 radical (unpaired) electrons. The summed E-state index contributed by atoms with van der Waals surface area (Å²) in [4.78, 5) is 20.4. The SMILES string of the molecule is CC(=O)CCSC1c2cc(OCc3ccc4cc(F)c(F)cc4n3)ccc2OCc2ncccc21. The number of ether oxygens (including phenoxy) is 2. The number of thioether (sulfide) groups is 1. The van der Waals surface area contributed by atoms with E-state index in [1.54, 1.807) is 37.0 Å². The highest BCUT2D eigenvalue weighted by Crippen LogP contribution is 2.45. The van der Waals surface area contributed by atoms with Gasteiger partial charge in [0, 0.05) is 35.4 Å². The molecule has 4 aromatic rings. The highest BCUT2D eigenvalue weighted by atomic mass is 32.2. The molecule has 0 amide bonds. The third-order valence-corrected chi connectivity index (χ3v) is 7.03. The van der Waals surface area contributed by atoms with Crippen LogP contribution in [-0.2, 0) is 18.0 Å². The average Bonchev–Trinajstić information content (AvgIpc) is 3.00. The summed E-state index contributed by atoms with van der Waals surface area (Å²) < 4.78 is 39.1. The molecule has 1 atom stereocenters. The van der Waals surface area contributed by atoms with Gasteiger partial charge in [-0.1, -0.05) is 12.1 Å². The summed E-state index contributed by atoms with van der Waals surface area (Å²) in [6.07, 6.45) is 2.24. The largest absolute Gasteiger partial charge is 0.487 e. The van der Waals surface area contributed by atoms with Crippen LogP contribution in [0.2, 0.25) is 0 Å². The van der Waals surface area contributed by atoms with Crippen molar-refractivity contribution in [3.8, 4) is 11.5 Å². The molecule has 1 aliphatic heterocycles. The third-order valence-electron chi connectivity index (χ3n) is 5.75. The summed E-state index contributed by atoms with van der Waals surface area (Å²) in [7, 11) is 0. The molecule has 0 N–H and O–H groups in total. The Morgan fingerprint density at radius 3 is 2.83 bits per heavy atom. The van der Waals surface area contributed by atoms with Gasteiger partial charge in [0.2, 0.25) is 0 Å². The Morgan fingerprint density at radius 1 is 1.11 bits per heavy atom. The Balaban J connectivity index is 1.40. The van der Waals surface area contributed by atoms with Crippen molar-refractivity contribution >= 4 is 28.4 Å². The normalized spacial score (nSPS) is 14.5. The van der Waals surface area contributed by atoms with Gasteiger partial charge in [-0.05, 0) is 48.9 Å². The maximum absolute atomic E-state index is 13.6. The first kappa shape index (κ1) is 23.2. The molecule has 8 heteroatoms. The van der Waals surface area contributed by atoms with Gasteiger partial charge in [0.05, 0.1) is 22.2 Å². The highest BCUT2D eigenvalue weighted by molar-refractivity contribution is 7.99. The second kappa shape index (κ2) is 10.00. The Morgan fingerprint density at radius 2 is 1.97 bits per heavy atom. The lowest BCUT2D eigenvalue weighted by molar-refractivity contribution is -0.116. The number of ketones is 1. The minimum absolute atomic E-state index is 0.0595. The summed E-state index contributed by atoms with van der Waals surface area (Å²) in [5, 5.41) is 0.461. The standard InChI is InChI=1S/C27H22F2N2O3S/c1-16(32)8-10-35-27-20-3-2-9-30-25(20)15-34-26-7-6-19(12-21(26)27)33-14-18-5-4-17-11-22(28)23(29)13-24(17)31-18/h2-7,9,11-13,27H,8,10,14-15H2,1H3. The summed E-state index contributed by atoms with van der Waals surface area (Å²) in [5.41, 5.74) is 3.84. The minimum atomic E-state index is -0.933. The molecular formula is C27H22F2N2O3S. The van der Waals surface area contributed by atoms with Crippen molar-refractivity contribution in [2.45, 2.75) is 31.8 Å². The molecule has 0 bridgehead atoms. The van der Waals surface area contributed by atoms with E-state index in [9.17, 15) is 13.6 Å². The number of nitrogens with zero attached hydrogens (tertiary/aromatic N) is 2. The zero-order chi connectivity index (χ0) is 24.4. The Bertz CT molecular complexity index is 1410. The van der Waals surface area contributed by atoms with E-state index >= 15 is 0 Å². The van der Waals surface area contributed by atoms with E-state index in [-0.39, 0.29) is 17.6 Å². The number of benzene rings is 2. The van der Waals surface area contributed by atoms with Gasteiger partial charge in [0.15, 0.2) is 11.6 Å². The maximum Gasteiger partial charge on any atom is 0.161 e. The first-order chi connectivity index (χ1) is 17.0. The summed E-state index contributed by atoms with van der Waals surface area (Å²) in [5.74, 6) is 0.370. The number of halogens is 2. The molecule has 0 spiro atoms.